The van der Waals surface area contributed by atoms with Gasteiger partial charge in [0.2, 0.25) is 0 Å². The molecule has 6 heteroatoms. The SMILES string of the molecule is CC(C)(C)OC(=O)NC(Cc1ccccc1)CN1CCC[C@H]1C(=O)OCc1ccccc1. The Balaban J connectivity index is 1.63. The van der Waals surface area contributed by atoms with Crippen molar-refractivity contribution >= 4 is 12.1 Å². The van der Waals surface area contributed by atoms with E-state index in [9.17, 15) is 9.59 Å². The maximum atomic E-state index is 12.8. The van der Waals surface area contributed by atoms with Crippen LogP contribution in [0.2, 0.25) is 0 Å². The minimum Gasteiger partial charge on any atom is -0.460 e. The van der Waals surface area contributed by atoms with Crippen LogP contribution in [0.25, 0.3) is 0 Å². The molecule has 0 radical (unpaired) electrons. The molecule has 2 aromatic carbocycles. The molecule has 1 saturated heterocycles. The van der Waals surface area contributed by atoms with Crippen molar-refractivity contribution in [3.8, 4) is 0 Å². The zero-order valence-corrected chi connectivity index (χ0v) is 19.3. The molecule has 172 valence electrons. The standard InChI is InChI=1S/C26H34N2O4/c1-26(2,3)32-25(30)27-22(17-20-11-6-4-7-12-20)18-28-16-10-15-23(28)24(29)31-19-21-13-8-5-9-14-21/h4-9,11-14,22-23H,10,15-19H2,1-3H3,(H,27,30)/t22?,23-/m0/s1. The third-order valence-electron chi connectivity index (χ3n) is 5.36. The topological polar surface area (TPSA) is 67.9 Å². The predicted octanol–water partition coefficient (Wildman–Crippen LogP) is 4.33. The average molecular weight is 439 g/mol. The first-order valence-corrected chi connectivity index (χ1v) is 11.3. The van der Waals surface area contributed by atoms with Gasteiger partial charge in [0.1, 0.15) is 18.2 Å². The summed E-state index contributed by atoms with van der Waals surface area (Å²) in [5, 5.41) is 3.01. The van der Waals surface area contributed by atoms with Crippen molar-refractivity contribution in [3.63, 3.8) is 0 Å². The Labute approximate surface area is 190 Å². The summed E-state index contributed by atoms with van der Waals surface area (Å²) in [4.78, 5) is 27.4. The van der Waals surface area contributed by atoms with Crippen LogP contribution in [-0.2, 0) is 27.3 Å². The molecule has 0 saturated carbocycles. The van der Waals surface area contributed by atoms with Gasteiger partial charge >= 0.3 is 12.1 Å². The minimum absolute atomic E-state index is 0.185. The molecule has 3 rings (SSSR count). The van der Waals surface area contributed by atoms with Crippen LogP contribution >= 0.6 is 0 Å². The summed E-state index contributed by atoms with van der Waals surface area (Å²) >= 11 is 0. The Morgan fingerprint density at radius 2 is 1.66 bits per heavy atom. The van der Waals surface area contributed by atoms with Gasteiger partial charge in [-0.1, -0.05) is 60.7 Å². The van der Waals surface area contributed by atoms with Gasteiger partial charge in [-0.2, -0.15) is 0 Å². The molecule has 2 aromatic rings. The van der Waals surface area contributed by atoms with E-state index in [2.05, 4.69) is 10.2 Å². The maximum absolute atomic E-state index is 12.8. The van der Waals surface area contributed by atoms with Crippen LogP contribution in [-0.4, -0.2) is 47.7 Å². The Hall–Kier alpha value is -2.86. The average Bonchev–Trinajstić information content (AvgIpc) is 3.20. The molecule has 1 unspecified atom stereocenters. The number of hydrogen-bond donors (Lipinski definition) is 1. The molecule has 0 spiro atoms. The second kappa shape index (κ2) is 11.1. The second-order valence-electron chi connectivity index (χ2n) is 9.28. The monoisotopic (exact) mass is 438 g/mol. The maximum Gasteiger partial charge on any atom is 0.407 e. The Morgan fingerprint density at radius 1 is 1.03 bits per heavy atom. The number of esters is 1. The highest BCUT2D eigenvalue weighted by molar-refractivity contribution is 5.76. The number of alkyl carbamates (subject to hydrolysis) is 1. The van der Waals surface area contributed by atoms with Crippen molar-refractivity contribution in [2.24, 2.45) is 0 Å². The van der Waals surface area contributed by atoms with Gasteiger partial charge in [-0.15, -0.1) is 0 Å². The summed E-state index contributed by atoms with van der Waals surface area (Å²) < 4.78 is 11.1. The van der Waals surface area contributed by atoms with E-state index in [1.165, 1.54) is 0 Å². The summed E-state index contributed by atoms with van der Waals surface area (Å²) in [5.41, 5.74) is 1.52. The van der Waals surface area contributed by atoms with E-state index in [4.69, 9.17) is 9.47 Å². The van der Waals surface area contributed by atoms with Crippen molar-refractivity contribution in [1.82, 2.24) is 10.2 Å². The van der Waals surface area contributed by atoms with E-state index in [1.54, 1.807) is 0 Å². The lowest BCUT2D eigenvalue weighted by molar-refractivity contribution is -0.150. The summed E-state index contributed by atoms with van der Waals surface area (Å²) in [6.07, 6.45) is 1.90. The minimum atomic E-state index is -0.571. The van der Waals surface area contributed by atoms with Gasteiger partial charge in [-0.25, -0.2) is 4.79 Å². The molecule has 0 aliphatic carbocycles. The van der Waals surface area contributed by atoms with E-state index >= 15 is 0 Å². The first-order valence-electron chi connectivity index (χ1n) is 11.3. The van der Waals surface area contributed by atoms with Crippen LogP contribution in [0.4, 0.5) is 4.79 Å². The lowest BCUT2D eigenvalue weighted by Gasteiger charge is -2.29. The van der Waals surface area contributed by atoms with Gasteiger partial charge in [0.25, 0.3) is 0 Å². The van der Waals surface area contributed by atoms with Crippen LogP contribution in [0.5, 0.6) is 0 Å². The first-order chi connectivity index (χ1) is 15.3. The zero-order chi connectivity index (χ0) is 23.0. The summed E-state index contributed by atoms with van der Waals surface area (Å²) in [5.74, 6) is -0.206. The molecular weight excluding hydrogens is 404 g/mol. The number of benzene rings is 2. The van der Waals surface area contributed by atoms with Crippen LogP contribution in [0.1, 0.15) is 44.7 Å². The number of likely N-dealkylation sites (tertiary alicyclic amines) is 1. The van der Waals surface area contributed by atoms with Gasteiger partial charge in [-0.05, 0) is 57.7 Å². The van der Waals surface area contributed by atoms with Crippen molar-refractivity contribution in [3.05, 3.63) is 71.8 Å². The molecule has 0 aromatic heterocycles. The third-order valence-corrected chi connectivity index (χ3v) is 5.36. The van der Waals surface area contributed by atoms with Crippen LogP contribution < -0.4 is 5.32 Å². The summed E-state index contributed by atoms with van der Waals surface area (Å²) in [6.45, 7) is 7.16. The van der Waals surface area contributed by atoms with Gasteiger partial charge in [-0.3, -0.25) is 9.69 Å². The summed E-state index contributed by atoms with van der Waals surface area (Å²) in [7, 11) is 0. The van der Waals surface area contributed by atoms with Crippen molar-refractivity contribution in [2.45, 2.75) is 64.3 Å². The molecular formula is C26H34N2O4. The number of amides is 1. The highest BCUT2D eigenvalue weighted by Crippen LogP contribution is 2.20. The Morgan fingerprint density at radius 3 is 2.28 bits per heavy atom. The number of hydrogen-bond acceptors (Lipinski definition) is 5. The molecule has 1 fully saturated rings. The van der Waals surface area contributed by atoms with E-state index in [-0.39, 0.29) is 24.7 Å². The quantitative estimate of drug-likeness (QED) is 0.622. The lowest BCUT2D eigenvalue weighted by Crippen LogP contribution is -2.49. The zero-order valence-electron chi connectivity index (χ0n) is 19.3. The predicted molar refractivity (Wildman–Crippen MR) is 124 cm³/mol. The van der Waals surface area contributed by atoms with Crippen molar-refractivity contribution in [2.75, 3.05) is 13.1 Å². The van der Waals surface area contributed by atoms with E-state index in [0.717, 1.165) is 30.5 Å². The highest BCUT2D eigenvalue weighted by atomic mass is 16.6. The van der Waals surface area contributed by atoms with E-state index in [1.807, 2.05) is 81.4 Å². The molecule has 1 heterocycles. The Bertz CT molecular complexity index is 864. The normalized spacial score (nSPS) is 17.5. The largest absolute Gasteiger partial charge is 0.460 e. The molecule has 1 aliphatic rings. The van der Waals surface area contributed by atoms with E-state index in [0.29, 0.717) is 13.0 Å². The van der Waals surface area contributed by atoms with Gasteiger partial charge in [0.05, 0.1) is 0 Å². The molecule has 32 heavy (non-hydrogen) atoms. The van der Waals surface area contributed by atoms with Crippen LogP contribution in [0.15, 0.2) is 60.7 Å². The number of carbonyl (C=O) groups is 2. The van der Waals surface area contributed by atoms with Gasteiger partial charge in [0.15, 0.2) is 0 Å². The van der Waals surface area contributed by atoms with Gasteiger partial charge < -0.3 is 14.8 Å². The summed E-state index contributed by atoms with van der Waals surface area (Å²) in [6, 6.07) is 19.2. The fourth-order valence-corrected chi connectivity index (χ4v) is 3.95. The highest BCUT2D eigenvalue weighted by Gasteiger charge is 2.34. The molecule has 1 amide bonds. The molecule has 0 bridgehead atoms. The van der Waals surface area contributed by atoms with Crippen molar-refractivity contribution in [1.29, 1.82) is 0 Å². The van der Waals surface area contributed by atoms with E-state index < -0.39 is 11.7 Å². The van der Waals surface area contributed by atoms with Crippen LogP contribution in [0, 0.1) is 0 Å². The number of nitrogens with one attached hydrogen (secondary N) is 1. The molecule has 2 atom stereocenters. The number of rotatable bonds is 8. The van der Waals surface area contributed by atoms with Crippen LogP contribution in [0.3, 0.4) is 0 Å². The molecule has 1 N–H and O–H groups in total. The van der Waals surface area contributed by atoms with Crippen molar-refractivity contribution < 1.29 is 19.1 Å². The lowest BCUT2D eigenvalue weighted by atomic mass is 10.1. The molecule has 1 aliphatic heterocycles. The number of carbonyl (C=O) groups excluding carboxylic acids is 2. The number of ether oxygens (including phenoxy) is 2. The Kier molecular flexibility index (Phi) is 8.28. The third kappa shape index (κ3) is 7.68. The fraction of sp³-hybridized carbons (Fsp3) is 0.462. The van der Waals surface area contributed by atoms with Gasteiger partial charge in [0, 0.05) is 12.6 Å². The second-order valence-corrected chi connectivity index (χ2v) is 9.28. The first kappa shape index (κ1) is 23.8. The molecule has 6 nitrogen and oxygen atoms in total. The smallest absolute Gasteiger partial charge is 0.407 e. The fourth-order valence-electron chi connectivity index (χ4n) is 3.95. The number of nitrogens with zero attached hydrogens (tertiary/aromatic N) is 1.